The summed E-state index contributed by atoms with van der Waals surface area (Å²) in [6, 6.07) is 12.6. The molecule has 0 bridgehead atoms. The molecule has 1 aliphatic carbocycles. The van der Waals surface area contributed by atoms with Crippen LogP contribution in [0.25, 0.3) is 0 Å². The number of hydrogen-bond donors (Lipinski definition) is 2. The average Bonchev–Trinajstić information content (AvgIpc) is 2.95. The van der Waals surface area contributed by atoms with E-state index in [1.807, 2.05) is 19.9 Å². The van der Waals surface area contributed by atoms with Gasteiger partial charge in [0, 0.05) is 17.3 Å². The maximum atomic E-state index is 13.1. The van der Waals surface area contributed by atoms with Crippen LogP contribution in [0.3, 0.4) is 0 Å². The molecule has 0 spiro atoms. The fourth-order valence-electron chi connectivity index (χ4n) is 4.50. The molecule has 6 nitrogen and oxygen atoms in total. The van der Waals surface area contributed by atoms with Gasteiger partial charge in [-0.25, -0.2) is 4.90 Å². The number of anilines is 2. The van der Waals surface area contributed by atoms with Crippen LogP contribution < -0.4 is 15.5 Å². The Morgan fingerprint density at radius 1 is 0.939 bits per heavy atom. The average molecular weight is 466 g/mol. The van der Waals surface area contributed by atoms with Crippen LogP contribution in [0.4, 0.5) is 11.4 Å². The molecule has 0 unspecified atom stereocenters. The molecule has 2 N–H and O–H groups in total. The number of halogens is 1. The van der Waals surface area contributed by atoms with E-state index in [1.54, 1.807) is 36.4 Å². The Balaban J connectivity index is 1.51. The Hall–Kier alpha value is -3.12. The normalized spacial score (nSPS) is 17.4. The van der Waals surface area contributed by atoms with E-state index in [9.17, 15) is 14.4 Å². The topological polar surface area (TPSA) is 78.5 Å². The summed E-state index contributed by atoms with van der Waals surface area (Å²) in [6.45, 7) is 3.81. The number of carbonyl (C=O) groups excluding carboxylic acids is 3. The zero-order valence-electron chi connectivity index (χ0n) is 18.9. The SMILES string of the molecule is Cc1cc(C)cc(N2C(=O)C(Cl)=C(Nc3cccc(C(=O)NC4CCCCCC4)c3)C2=O)c1. The third-order valence-corrected chi connectivity index (χ3v) is 6.43. The fourth-order valence-corrected chi connectivity index (χ4v) is 4.71. The fraction of sp³-hybridized carbons (Fsp3) is 0.346. The Morgan fingerprint density at radius 3 is 2.27 bits per heavy atom. The van der Waals surface area contributed by atoms with Gasteiger partial charge in [-0.15, -0.1) is 0 Å². The minimum Gasteiger partial charge on any atom is -0.350 e. The Labute approximate surface area is 199 Å². The molecule has 2 aliphatic rings. The number of amides is 3. The van der Waals surface area contributed by atoms with Crippen molar-refractivity contribution in [2.75, 3.05) is 10.2 Å². The highest BCUT2D eigenvalue weighted by atomic mass is 35.5. The second-order valence-electron chi connectivity index (χ2n) is 8.85. The lowest BCUT2D eigenvalue weighted by molar-refractivity contribution is -0.120. The first-order valence-corrected chi connectivity index (χ1v) is 11.8. The van der Waals surface area contributed by atoms with Gasteiger partial charge in [-0.1, -0.05) is 49.4 Å². The van der Waals surface area contributed by atoms with Crippen LogP contribution in [-0.2, 0) is 9.59 Å². The predicted octanol–water partition coefficient (Wildman–Crippen LogP) is 5.19. The largest absolute Gasteiger partial charge is 0.350 e. The molecule has 1 heterocycles. The number of nitrogens with one attached hydrogen (secondary N) is 2. The molecule has 0 atom stereocenters. The molecule has 7 heteroatoms. The lowest BCUT2D eigenvalue weighted by Gasteiger charge is -2.17. The molecule has 172 valence electrons. The van der Waals surface area contributed by atoms with Crippen molar-refractivity contribution < 1.29 is 14.4 Å². The highest BCUT2D eigenvalue weighted by molar-refractivity contribution is 6.53. The van der Waals surface area contributed by atoms with E-state index in [1.165, 1.54) is 12.8 Å². The van der Waals surface area contributed by atoms with Gasteiger partial charge in [0.1, 0.15) is 10.7 Å². The van der Waals surface area contributed by atoms with E-state index < -0.39 is 11.8 Å². The van der Waals surface area contributed by atoms with E-state index >= 15 is 0 Å². The van der Waals surface area contributed by atoms with E-state index in [0.29, 0.717) is 16.9 Å². The van der Waals surface area contributed by atoms with Crippen LogP contribution in [-0.4, -0.2) is 23.8 Å². The Bertz CT molecular complexity index is 1110. The van der Waals surface area contributed by atoms with Gasteiger partial charge in [0.2, 0.25) is 0 Å². The zero-order valence-corrected chi connectivity index (χ0v) is 19.7. The molecule has 33 heavy (non-hydrogen) atoms. The van der Waals surface area contributed by atoms with Crippen molar-refractivity contribution in [3.8, 4) is 0 Å². The number of carbonyl (C=O) groups is 3. The number of hydrogen-bond acceptors (Lipinski definition) is 4. The third kappa shape index (κ3) is 5.11. The molecular formula is C26H28ClN3O3. The van der Waals surface area contributed by atoms with Gasteiger partial charge in [0.25, 0.3) is 17.7 Å². The van der Waals surface area contributed by atoms with Gasteiger partial charge in [-0.3, -0.25) is 14.4 Å². The Morgan fingerprint density at radius 2 is 1.61 bits per heavy atom. The van der Waals surface area contributed by atoms with Crippen molar-refractivity contribution in [1.29, 1.82) is 0 Å². The first-order valence-electron chi connectivity index (χ1n) is 11.4. The molecule has 1 saturated carbocycles. The summed E-state index contributed by atoms with van der Waals surface area (Å²) >= 11 is 6.27. The maximum Gasteiger partial charge on any atom is 0.283 e. The van der Waals surface area contributed by atoms with Gasteiger partial charge < -0.3 is 10.6 Å². The number of nitrogens with zero attached hydrogens (tertiary/aromatic N) is 1. The Kier molecular flexibility index (Phi) is 6.84. The second-order valence-corrected chi connectivity index (χ2v) is 9.23. The van der Waals surface area contributed by atoms with Crippen LogP contribution >= 0.6 is 11.6 Å². The van der Waals surface area contributed by atoms with Gasteiger partial charge >= 0.3 is 0 Å². The zero-order chi connectivity index (χ0) is 23.5. The third-order valence-electron chi connectivity index (χ3n) is 6.08. The lowest BCUT2D eigenvalue weighted by atomic mass is 10.1. The molecule has 0 aromatic heterocycles. The standard InChI is InChI=1S/C26H28ClN3O3/c1-16-12-17(2)14-21(13-16)30-25(32)22(27)23(26(30)33)28-20-11-7-8-18(15-20)24(31)29-19-9-5-3-4-6-10-19/h7-8,11-15,19,28H,3-6,9-10H2,1-2H3,(H,29,31). The first-order chi connectivity index (χ1) is 15.8. The van der Waals surface area contributed by atoms with Crippen molar-refractivity contribution in [3.63, 3.8) is 0 Å². The molecule has 1 aliphatic heterocycles. The molecule has 1 fully saturated rings. The van der Waals surface area contributed by atoms with Gasteiger partial charge in [0.15, 0.2) is 0 Å². The molecule has 2 aromatic rings. The highest BCUT2D eigenvalue weighted by Crippen LogP contribution is 2.31. The smallest absolute Gasteiger partial charge is 0.283 e. The van der Waals surface area contributed by atoms with Crippen LogP contribution in [0, 0.1) is 13.8 Å². The molecule has 2 aromatic carbocycles. The summed E-state index contributed by atoms with van der Waals surface area (Å²) < 4.78 is 0. The van der Waals surface area contributed by atoms with Crippen LogP contribution in [0.15, 0.2) is 53.2 Å². The van der Waals surface area contributed by atoms with E-state index in [2.05, 4.69) is 10.6 Å². The predicted molar refractivity (Wildman–Crippen MR) is 130 cm³/mol. The summed E-state index contributed by atoms with van der Waals surface area (Å²) in [7, 11) is 0. The summed E-state index contributed by atoms with van der Waals surface area (Å²) in [6.07, 6.45) is 6.69. The van der Waals surface area contributed by atoms with Crippen molar-refractivity contribution in [2.45, 2.75) is 58.4 Å². The molecule has 3 amide bonds. The van der Waals surface area contributed by atoms with Crippen molar-refractivity contribution in [3.05, 3.63) is 69.9 Å². The van der Waals surface area contributed by atoms with Crippen LogP contribution in [0.2, 0.25) is 0 Å². The summed E-state index contributed by atoms with van der Waals surface area (Å²) in [5.74, 6) is -1.24. The molecule has 0 radical (unpaired) electrons. The second kappa shape index (κ2) is 9.79. The van der Waals surface area contributed by atoms with Gasteiger partial charge in [-0.05, 0) is 68.1 Å². The van der Waals surface area contributed by atoms with Crippen molar-refractivity contribution in [2.24, 2.45) is 0 Å². The number of benzene rings is 2. The first kappa shape index (κ1) is 23.1. The molecule has 4 rings (SSSR count). The van der Waals surface area contributed by atoms with E-state index in [0.717, 1.165) is 41.7 Å². The number of aryl methyl sites for hydroxylation is 2. The van der Waals surface area contributed by atoms with Gasteiger partial charge in [-0.2, -0.15) is 0 Å². The molecule has 0 saturated heterocycles. The van der Waals surface area contributed by atoms with Crippen molar-refractivity contribution in [1.82, 2.24) is 5.32 Å². The van der Waals surface area contributed by atoms with Crippen molar-refractivity contribution >= 4 is 40.7 Å². The minimum absolute atomic E-state index is 0.00199. The molecular weight excluding hydrogens is 438 g/mol. The maximum absolute atomic E-state index is 13.1. The minimum atomic E-state index is -0.573. The number of rotatable bonds is 5. The lowest BCUT2D eigenvalue weighted by Crippen LogP contribution is -2.34. The monoisotopic (exact) mass is 465 g/mol. The summed E-state index contributed by atoms with van der Waals surface area (Å²) in [4.78, 5) is 39.7. The quantitative estimate of drug-likeness (QED) is 0.470. The van der Waals surface area contributed by atoms with E-state index in [-0.39, 0.29) is 22.7 Å². The van der Waals surface area contributed by atoms with Crippen LogP contribution in [0.1, 0.15) is 60.0 Å². The van der Waals surface area contributed by atoms with E-state index in [4.69, 9.17) is 11.6 Å². The number of imide groups is 1. The summed E-state index contributed by atoms with van der Waals surface area (Å²) in [5, 5.41) is 5.92. The highest BCUT2D eigenvalue weighted by Gasteiger charge is 2.39. The van der Waals surface area contributed by atoms with Crippen LogP contribution in [0.5, 0.6) is 0 Å². The van der Waals surface area contributed by atoms with Gasteiger partial charge in [0.05, 0.1) is 5.69 Å². The summed E-state index contributed by atoms with van der Waals surface area (Å²) in [5.41, 5.74) is 3.37.